The van der Waals surface area contributed by atoms with Crippen molar-refractivity contribution in [3.8, 4) is 0 Å². The lowest BCUT2D eigenvalue weighted by molar-refractivity contribution is -0.670. The highest BCUT2D eigenvalue weighted by Gasteiger charge is 1.90. The number of aromatic amines is 3. The van der Waals surface area contributed by atoms with Crippen LogP contribution < -0.4 is 13.7 Å². The molecule has 0 saturated carbocycles. The van der Waals surface area contributed by atoms with Crippen molar-refractivity contribution in [1.82, 2.24) is 15.0 Å². The zero-order valence-corrected chi connectivity index (χ0v) is 19.5. The zero-order chi connectivity index (χ0) is 24.3. The van der Waals surface area contributed by atoms with Crippen molar-refractivity contribution in [3.63, 3.8) is 0 Å². The van der Waals surface area contributed by atoms with Gasteiger partial charge in [0.1, 0.15) is 37.2 Å². The van der Waals surface area contributed by atoms with Crippen LogP contribution in [0.5, 0.6) is 0 Å². The topological polar surface area (TPSA) is 196 Å². The molecule has 3 heterocycles. The molecule has 13 nitrogen and oxygen atoms in total. The molecule has 0 aliphatic carbocycles. The third-order valence-corrected chi connectivity index (χ3v) is 3.59. The van der Waals surface area contributed by atoms with Gasteiger partial charge in [0.25, 0.3) is 0 Å². The molecule has 3 rings (SSSR count). The second-order valence-electron chi connectivity index (χ2n) is 5.85. The Morgan fingerprint density at radius 1 is 0.710 bits per heavy atom. The number of imidazole rings is 3. The minimum Gasteiger partial charge on any atom is -0.759 e. The van der Waals surface area contributed by atoms with Crippen LogP contribution in [0.2, 0.25) is 0 Å². The summed E-state index contributed by atoms with van der Waals surface area (Å²) in [6.07, 6.45) is 18.3. The first-order valence-electron chi connectivity index (χ1n) is 8.79. The van der Waals surface area contributed by atoms with Crippen LogP contribution in [0.4, 0.5) is 0 Å². The smallest absolute Gasteiger partial charge is 0.241 e. The van der Waals surface area contributed by atoms with Crippen molar-refractivity contribution in [3.05, 3.63) is 56.2 Å². The van der Waals surface area contributed by atoms with E-state index in [-0.39, 0.29) is 5.75 Å². The number of nitrogens with zero attached hydrogens (tertiary/aromatic N) is 3. The molecule has 0 radical (unpaired) electrons. The maximum atomic E-state index is 9.83. The van der Waals surface area contributed by atoms with Gasteiger partial charge in [-0.05, 0) is 6.42 Å². The van der Waals surface area contributed by atoms with Gasteiger partial charge in [0.15, 0.2) is 0 Å². The Morgan fingerprint density at radius 3 is 1.06 bits per heavy atom. The highest BCUT2D eigenvalue weighted by molar-refractivity contribution is 7.85. The third kappa shape index (κ3) is 32.3. The average Bonchev–Trinajstić information content (AvgIpc) is 3.38. The number of hydrogen-bond acceptors (Lipinski definition) is 7. The van der Waals surface area contributed by atoms with Gasteiger partial charge in [-0.25, -0.2) is 22.1 Å². The van der Waals surface area contributed by atoms with E-state index in [1.807, 2.05) is 97.9 Å². The molecule has 31 heavy (non-hydrogen) atoms. The van der Waals surface area contributed by atoms with Gasteiger partial charge in [0.05, 0.1) is 31.3 Å². The number of H-pyrrole nitrogens is 3. The maximum Gasteiger partial charge on any atom is 0.241 e. The summed E-state index contributed by atoms with van der Waals surface area (Å²) in [7, 11) is -3.20. The Hall–Kier alpha value is -2.59. The van der Waals surface area contributed by atoms with Crippen LogP contribution in [0.15, 0.2) is 56.2 Å². The first kappa shape index (κ1) is 30.6. The van der Waals surface area contributed by atoms with Crippen LogP contribution in [0.1, 0.15) is 19.8 Å². The van der Waals surface area contributed by atoms with Crippen molar-refractivity contribution < 1.29 is 44.2 Å². The minimum absolute atomic E-state index is 0.219. The Balaban J connectivity index is 0. The molecule has 3 N–H and O–H groups in total. The maximum absolute atomic E-state index is 9.83. The van der Waals surface area contributed by atoms with Gasteiger partial charge in [-0.1, -0.05) is 13.3 Å². The second-order valence-corrected chi connectivity index (χ2v) is 8.19. The highest BCUT2D eigenvalue weighted by atomic mass is 32.3. The molecule has 0 saturated heterocycles. The van der Waals surface area contributed by atoms with Gasteiger partial charge in [0, 0.05) is 16.2 Å². The van der Waals surface area contributed by atoms with Crippen molar-refractivity contribution >= 4 is 20.5 Å². The Kier molecular flexibility index (Phi) is 16.9. The van der Waals surface area contributed by atoms with E-state index in [1.165, 1.54) is 0 Å². The van der Waals surface area contributed by atoms with Crippen LogP contribution in [-0.4, -0.2) is 51.2 Å². The summed E-state index contributed by atoms with van der Waals surface area (Å²) in [5, 5.41) is 0. The Bertz CT molecular complexity index is 871. The molecule has 178 valence electrons. The number of nitrogens with one attached hydrogen (secondary N) is 3. The van der Waals surface area contributed by atoms with E-state index in [4.69, 9.17) is 17.5 Å². The average molecular weight is 483 g/mol. The SMILES string of the molecule is CCCCS(=O)(=O)[O-].C[n+]1cc[nH]c1.C[n+]1cc[nH]c1.C[n+]1cc[nH]c1.O=S(=O)([O-])[O-]. The van der Waals surface area contributed by atoms with E-state index in [0.717, 1.165) is 6.42 Å². The highest BCUT2D eigenvalue weighted by Crippen LogP contribution is 1.90. The molecule has 0 unspecified atom stereocenters. The van der Waals surface area contributed by atoms with E-state index in [9.17, 15) is 13.0 Å². The van der Waals surface area contributed by atoms with Gasteiger partial charge < -0.3 is 13.7 Å². The second kappa shape index (κ2) is 17.1. The molecule has 3 aromatic rings. The summed E-state index contributed by atoms with van der Waals surface area (Å²) in [5.41, 5.74) is 0. The lowest BCUT2D eigenvalue weighted by Crippen LogP contribution is -2.22. The van der Waals surface area contributed by atoms with Gasteiger partial charge >= 0.3 is 0 Å². The molecular formula is C16H30N6O7S2. The normalized spacial score (nSPS) is 10.0. The number of aryl methyl sites for hydroxylation is 3. The molecule has 0 aliphatic rings. The summed E-state index contributed by atoms with van der Waals surface area (Å²) in [6.45, 7) is 1.84. The lowest BCUT2D eigenvalue weighted by Gasteiger charge is -2.06. The standard InChI is InChI=1S/3C4H6N2.C4H10O3S.H2O4S/c3*1-6-3-2-5-4-6;1-2-3-4-8(5,6)7;1-5(2,3)4/h3*2-4H,1H3;2-4H2,1H3,(H,5,6,7);(H2,1,2,3,4). The fraction of sp³-hybridized carbons (Fsp3) is 0.438. The fourth-order valence-electron chi connectivity index (χ4n) is 1.41. The van der Waals surface area contributed by atoms with Crippen LogP contribution in [-0.2, 0) is 41.7 Å². The predicted molar refractivity (Wildman–Crippen MR) is 106 cm³/mol. The predicted octanol–water partition coefficient (Wildman–Crippen LogP) is -1.49. The first-order valence-corrected chi connectivity index (χ1v) is 11.7. The third-order valence-electron chi connectivity index (χ3n) is 2.80. The molecule has 0 amide bonds. The van der Waals surface area contributed by atoms with E-state index >= 15 is 0 Å². The van der Waals surface area contributed by atoms with Crippen LogP contribution in [0, 0.1) is 0 Å². The van der Waals surface area contributed by atoms with E-state index in [0.29, 0.717) is 6.42 Å². The number of hydrogen-bond donors (Lipinski definition) is 3. The molecule has 15 heteroatoms. The Morgan fingerprint density at radius 2 is 1.00 bits per heavy atom. The van der Waals surface area contributed by atoms with Crippen LogP contribution >= 0.6 is 0 Å². The van der Waals surface area contributed by atoms with E-state index in [2.05, 4.69) is 15.0 Å². The van der Waals surface area contributed by atoms with Crippen molar-refractivity contribution in [2.45, 2.75) is 19.8 Å². The summed E-state index contributed by atoms with van der Waals surface area (Å²) in [4.78, 5) is 8.68. The van der Waals surface area contributed by atoms with Gasteiger partial charge in [-0.3, -0.25) is 23.4 Å². The number of aromatic nitrogens is 6. The van der Waals surface area contributed by atoms with Gasteiger partial charge in [-0.2, -0.15) is 0 Å². The number of rotatable bonds is 3. The Labute approximate surface area is 182 Å². The fourth-order valence-corrected chi connectivity index (χ4v) is 2.06. The monoisotopic (exact) mass is 482 g/mol. The molecule has 0 atom stereocenters. The van der Waals surface area contributed by atoms with Gasteiger partial charge in [0.2, 0.25) is 19.0 Å². The van der Waals surface area contributed by atoms with Crippen LogP contribution in [0.25, 0.3) is 0 Å². The summed E-state index contributed by atoms with van der Waals surface area (Å²) in [5.74, 6) is -0.219. The van der Waals surface area contributed by atoms with Crippen molar-refractivity contribution in [1.29, 1.82) is 0 Å². The minimum atomic E-state index is -5.17. The lowest BCUT2D eigenvalue weighted by atomic mass is 10.4. The van der Waals surface area contributed by atoms with E-state index < -0.39 is 20.5 Å². The van der Waals surface area contributed by atoms with Crippen molar-refractivity contribution in [2.75, 3.05) is 5.75 Å². The zero-order valence-electron chi connectivity index (χ0n) is 17.8. The van der Waals surface area contributed by atoms with Crippen molar-refractivity contribution in [2.24, 2.45) is 21.1 Å². The molecule has 0 fully saturated rings. The summed E-state index contributed by atoms with van der Waals surface area (Å²) in [6, 6.07) is 0. The summed E-state index contributed by atoms with van der Waals surface area (Å²) < 4.78 is 69.4. The molecule has 3 aromatic heterocycles. The van der Waals surface area contributed by atoms with Crippen LogP contribution in [0.3, 0.4) is 0 Å². The molecule has 0 bridgehead atoms. The quantitative estimate of drug-likeness (QED) is 0.229. The first-order chi connectivity index (χ1) is 14.2. The largest absolute Gasteiger partial charge is 0.759 e. The molecule has 0 aliphatic heterocycles. The molecule has 0 aromatic carbocycles. The summed E-state index contributed by atoms with van der Waals surface area (Å²) >= 11 is 0. The van der Waals surface area contributed by atoms with E-state index in [1.54, 1.807) is 0 Å². The van der Waals surface area contributed by atoms with Gasteiger partial charge in [-0.15, -0.1) is 0 Å². The molecular weight excluding hydrogens is 452 g/mol. The number of unbranched alkanes of at least 4 members (excludes halogenated alkanes) is 1. The molecule has 0 spiro atoms.